The van der Waals surface area contributed by atoms with Gasteiger partial charge in [-0.05, 0) is 19.3 Å². The van der Waals surface area contributed by atoms with Crippen LogP contribution in [0.25, 0.3) is 0 Å². The van der Waals surface area contributed by atoms with Crippen LogP contribution in [0.15, 0.2) is 29.4 Å². The van der Waals surface area contributed by atoms with E-state index < -0.39 is 0 Å². The molecule has 0 saturated carbocycles. The van der Waals surface area contributed by atoms with Crippen molar-refractivity contribution >= 4 is 18.0 Å². The average molecular weight is 198 g/mol. The highest BCUT2D eigenvalue weighted by Gasteiger charge is 1.82. The third-order valence-corrected chi connectivity index (χ3v) is 1.98. The third kappa shape index (κ3) is 9.37. The number of hydrogen-bond donors (Lipinski definition) is 1. The van der Waals surface area contributed by atoms with Crippen molar-refractivity contribution in [2.24, 2.45) is 4.99 Å². The highest BCUT2D eigenvalue weighted by atomic mass is 32.2. The molecule has 0 saturated heterocycles. The van der Waals surface area contributed by atoms with E-state index in [1.807, 2.05) is 31.0 Å². The lowest BCUT2D eigenvalue weighted by atomic mass is 10.4. The van der Waals surface area contributed by atoms with E-state index in [0.717, 1.165) is 24.5 Å². The maximum atomic E-state index is 4.21. The lowest BCUT2D eigenvalue weighted by Crippen LogP contribution is -2.19. The summed E-state index contributed by atoms with van der Waals surface area (Å²) < 4.78 is 0. The van der Waals surface area contributed by atoms with Gasteiger partial charge in [0.05, 0.1) is 0 Å². The zero-order valence-corrected chi connectivity index (χ0v) is 9.23. The van der Waals surface area contributed by atoms with Gasteiger partial charge in [0.15, 0.2) is 0 Å². The molecule has 0 aliphatic heterocycles. The van der Waals surface area contributed by atoms with Crippen molar-refractivity contribution in [3.8, 4) is 0 Å². The molecule has 0 radical (unpaired) electrons. The van der Waals surface area contributed by atoms with Gasteiger partial charge in [-0.3, -0.25) is 4.99 Å². The van der Waals surface area contributed by atoms with Crippen molar-refractivity contribution in [1.29, 1.82) is 0 Å². The molecule has 74 valence electrons. The molecule has 1 N–H and O–H groups in total. The second-order valence-corrected chi connectivity index (χ2v) is 3.54. The van der Waals surface area contributed by atoms with Gasteiger partial charge in [-0.2, -0.15) is 11.8 Å². The predicted molar refractivity (Wildman–Crippen MR) is 63.7 cm³/mol. The lowest BCUT2D eigenvalue weighted by Gasteiger charge is -1.97. The second-order valence-electron chi connectivity index (χ2n) is 2.55. The number of thioether (sulfide) groups is 1. The first-order chi connectivity index (χ1) is 6.31. The van der Waals surface area contributed by atoms with Crippen LogP contribution < -0.4 is 5.32 Å². The van der Waals surface area contributed by atoms with Gasteiger partial charge < -0.3 is 5.32 Å². The molecule has 0 unspecified atom stereocenters. The van der Waals surface area contributed by atoms with Gasteiger partial charge in [0.25, 0.3) is 0 Å². The molecule has 0 aromatic carbocycles. The molecule has 0 aromatic rings. The molecule has 0 aliphatic rings. The van der Waals surface area contributed by atoms with E-state index in [0.29, 0.717) is 0 Å². The summed E-state index contributed by atoms with van der Waals surface area (Å²) in [6, 6.07) is 0. The Morgan fingerprint density at radius 1 is 1.62 bits per heavy atom. The van der Waals surface area contributed by atoms with Crippen molar-refractivity contribution in [2.45, 2.75) is 6.92 Å². The summed E-state index contributed by atoms with van der Waals surface area (Å²) in [4.78, 5) is 4.21. The quantitative estimate of drug-likeness (QED) is 0.385. The summed E-state index contributed by atoms with van der Waals surface area (Å²) in [6.07, 6.45) is 7.62. The number of nitrogens with one attached hydrogen (secondary N) is 1. The molecule has 0 spiro atoms. The Hall–Kier alpha value is -0.540. The molecule has 0 fully saturated rings. The van der Waals surface area contributed by atoms with Crippen LogP contribution in [0.5, 0.6) is 0 Å². The van der Waals surface area contributed by atoms with E-state index in [4.69, 9.17) is 0 Å². The molecular weight excluding hydrogens is 180 g/mol. The highest BCUT2D eigenvalue weighted by Crippen LogP contribution is 1.91. The Bertz CT molecular complexity index is 185. The Morgan fingerprint density at radius 3 is 3.00 bits per heavy atom. The number of nitrogens with zero attached hydrogens (tertiary/aromatic N) is 1. The zero-order valence-electron chi connectivity index (χ0n) is 8.42. The van der Waals surface area contributed by atoms with Crippen LogP contribution in [-0.4, -0.2) is 31.3 Å². The van der Waals surface area contributed by atoms with Crippen LogP contribution in [0.2, 0.25) is 0 Å². The van der Waals surface area contributed by atoms with Crippen LogP contribution in [0.3, 0.4) is 0 Å². The van der Waals surface area contributed by atoms with E-state index in [1.54, 1.807) is 6.08 Å². The fraction of sp³-hybridized carbons (Fsp3) is 0.500. The number of hydrogen-bond acceptors (Lipinski definition) is 3. The Kier molecular flexibility index (Phi) is 9.15. The smallest absolute Gasteiger partial charge is 0.0369 e. The van der Waals surface area contributed by atoms with Gasteiger partial charge in [-0.15, -0.1) is 0 Å². The first-order valence-electron chi connectivity index (χ1n) is 4.32. The Balaban J connectivity index is 3.40. The molecule has 3 heteroatoms. The summed E-state index contributed by atoms with van der Waals surface area (Å²) in [5.41, 5.74) is 0.988. The van der Waals surface area contributed by atoms with Gasteiger partial charge in [-0.1, -0.05) is 12.7 Å². The lowest BCUT2D eigenvalue weighted by molar-refractivity contribution is 0.831. The minimum Gasteiger partial charge on any atom is -0.311 e. The normalized spacial score (nSPS) is 12.3. The van der Waals surface area contributed by atoms with E-state index in [-0.39, 0.29) is 0 Å². The first kappa shape index (κ1) is 12.5. The second kappa shape index (κ2) is 9.55. The van der Waals surface area contributed by atoms with E-state index in [2.05, 4.69) is 23.1 Å². The summed E-state index contributed by atoms with van der Waals surface area (Å²) in [7, 11) is 0. The van der Waals surface area contributed by atoms with E-state index in [9.17, 15) is 0 Å². The number of aliphatic imine (C=N–C) groups is 1. The molecule has 0 aliphatic carbocycles. The molecular formula is C10H18N2S. The topological polar surface area (TPSA) is 24.4 Å². The van der Waals surface area contributed by atoms with Crippen molar-refractivity contribution in [3.05, 3.63) is 24.4 Å². The third-order valence-electron chi connectivity index (χ3n) is 1.37. The fourth-order valence-electron chi connectivity index (χ4n) is 0.744. The van der Waals surface area contributed by atoms with Crippen LogP contribution in [0.1, 0.15) is 6.92 Å². The Labute approximate surface area is 85.2 Å². The average Bonchev–Trinajstić information content (AvgIpc) is 2.11. The molecule has 13 heavy (non-hydrogen) atoms. The molecule has 0 heterocycles. The Morgan fingerprint density at radius 2 is 2.38 bits per heavy atom. The summed E-state index contributed by atoms with van der Waals surface area (Å²) in [5, 5.41) is 3.26. The van der Waals surface area contributed by atoms with Crippen LogP contribution in [0.4, 0.5) is 0 Å². The van der Waals surface area contributed by atoms with Gasteiger partial charge in [0.1, 0.15) is 0 Å². The van der Waals surface area contributed by atoms with Crippen LogP contribution in [-0.2, 0) is 0 Å². The molecule has 0 aromatic heterocycles. The monoisotopic (exact) mass is 198 g/mol. The van der Waals surface area contributed by atoms with Gasteiger partial charge in [-0.25, -0.2) is 0 Å². The standard InChI is InChI=1S/C10H18N2S/c1-4-5-10(2)12-7-6-11-8-9-13-3/h4-5,7,11H,1,6,8-9H2,2-3H3/b10-5-,12-7+. The van der Waals surface area contributed by atoms with Crippen molar-refractivity contribution in [2.75, 3.05) is 25.1 Å². The van der Waals surface area contributed by atoms with Gasteiger partial charge in [0, 0.05) is 30.8 Å². The zero-order chi connectivity index (χ0) is 9.94. The minimum absolute atomic E-state index is 0.836. The van der Waals surface area contributed by atoms with E-state index >= 15 is 0 Å². The molecule has 2 nitrogen and oxygen atoms in total. The summed E-state index contributed by atoms with van der Waals surface area (Å²) in [6.45, 7) is 7.43. The number of rotatable bonds is 7. The van der Waals surface area contributed by atoms with Crippen molar-refractivity contribution in [3.63, 3.8) is 0 Å². The maximum absolute atomic E-state index is 4.21. The summed E-state index contributed by atoms with van der Waals surface area (Å²) >= 11 is 1.84. The fourth-order valence-corrected chi connectivity index (χ4v) is 1.09. The van der Waals surface area contributed by atoms with Crippen molar-refractivity contribution < 1.29 is 0 Å². The van der Waals surface area contributed by atoms with Gasteiger partial charge >= 0.3 is 0 Å². The van der Waals surface area contributed by atoms with Crippen LogP contribution >= 0.6 is 11.8 Å². The molecule has 0 atom stereocenters. The first-order valence-corrected chi connectivity index (χ1v) is 5.72. The van der Waals surface area contributed by atoms with Crippen molar-refractivity contribution in [1.82, 2.24) is 5.32 Å². The highest BCUT2D eigenvalue weighted by molar-refractivity contribution is 7.98. The van der Waals surface area contributed by atoms with E-state index in [1.165, 1.54) is 0 Å². The van der Waals surface area contributed by atoms with Gasteiger partial charge in [0.2, 0.25) is 0 Å². The number of allylic oxidation sites excluding steroid dienone is 3. The van der Waals surface area contributed by atoms with Crippen LogP contribution in [0, 0.1) is 0 Å². The minimum atomic E-state index is 0.836. The predicted octanol–water partition coefficient (Wildman–Crippen LogP) is 2.10. The largest absolute Gasteiger partial charge is 0.311 e. The summed E-state index contributed by atoms with van der Waals surface area (Å²) in [5.74, 6) is 1.15. The maximum Gasteiger partial charge on any atom is 0.0369 e. The SMILES string of the molecule is C=C/C=C(C)\N=C\CNCCSC. The molecule has 0 amide bonds. The molecule has 0 rings (SSSR count). The molecule has 0 bridgehead atoms.